The van der Waals surface area contributed by atoms with Crippen LogP contribution in [0.25, 0.3) is 0 Å². The smallest absolute Gasteiger partial charge is 0.313 e. The van der Waals surface area contributed by atoms with Gasteiger partial charge in [-0.3, -0.25) is 9.59 Å². The van der Waals surface area contributed by atoms with E-state index < -0.39 is 0 Å². The average molecular weight is 369 g/mol. The van der Waals surface area contributed by atoms with Gasteiger partial charge in [0.05, 0.1) is 11.9 Å². The predicted octanol–water partition coefficient (Wildman–Crippen LogP) is 2.24. The van der Waals surface area contributed by atoms with Crippen LogP contribution in [0.3, 0.4) is 0 Å². The van der Waals surface area contributed by atoms with Gasteiger partial charge in [0.2, 0.25) is 5.91 Å². The molecule has 0 radical (unpaired) electrons. The number of rotatable bonds is 7. The van der Waals surface area contributed by atoms with E-state index in [2.05, 4.69) is 15.5 Å². The second-order valence-corrected chi connectivity index (χ2v) is 7.70. The molecule has 7 nitrogen and oxygen atoms in total. The van der Waals surface area contributed by atoms with Crippen LogP contribution in [-0.2, 0) is 27.8 Å². The van der Waals surface area contributed by atoms with Gasteiger partial charge in [0.25, 0.3) is 0 Å². The number of amides is 1. The Morgan fingerprint density at radius 1 is 1.28 bits per heavy atom. The van der Waals surface area contributed by atoms with Gasteiger partial charge in [0, 0.05) is 13.1 Å². The molecule has 0 unspecified atom stereocenters. The third-order valence-electron chi connectivity index (χ3n) is 4.39. The molecule has 1 saturated carbocycles. The van der Waals surface area contributed by atoms with Gasteiger partial charge in [0.15, 0.2) is 5.16 Å². The molecule has 1 fully saturated rings. The maximum Gasteiger partial charge on any atom is 0.313 e. The monoisotopic (exact) mass is 368 g/mol. The Bertz CT molecular complexity index is 582. The molecule has 1 amide bonds. The van der Waals surface area contributed by atoms with Crippen LogP contribution >= 0.6 is 11.8 Å². The Morgan fingerprint density at radius 3 is 2.60 bits per heavy atom. The normalized spacial score (nSPS) is 16.9. The molecule has 1 heterocycles. The van der Waals surface area contributed by atoms with Gasteiger partial charge in [-0.15, -0.1) is 10.2 Å². The first kappa shape index (κ1) is 19.8. The molecule has 8 heteroatoms. The molecule has 1 aromatic heterocycles. The summed E-state index contributed by atoms with van der Waals surface area (Å²) < 4.78 is 6.68. The van der Waals surface area contributed by atoms with E-state index in [9.17, 15) is 9.59 Å². The largest absolute Gasteiger partial charge is 0.466 e. The second-order valence-electron chi connectivity index (χ2n) is 6.40. The molecule has 0 bridgehead atoms. The van der Waals surface area contributed by atoms with E-state index >= 15 is 0 Å². The molecule has 25 heavy (non-hydrogen) atoms. The lowest BCUT2D eigenvalue weighted by Crippen LogP contribution is -2.39. The van der Waals surface area contributed by atoms with Crippen molar-refractivity contribution in [1.29, 1.82) is 0 Å². The summed E-state index contributed by atoms with van der Waals surface area (Å²) in [5.41, 5.74) is 0. The number of nitrogens with one attached hydrogen (secondary N) is 1. The first-order valence-electron chi connectivity index (χ1n) is 9.02. The van der Waals surface area contributed by atoms with E-state index in [0.717, 1.165) is 12.8 Å². The minimum absolute atomic E-state index is 0.0341. The molecule has 140 valence electrons. The SMILES string of the molecule is CCOC(=O)Cc1nnc(S[C@H](C)C(=O)NC2CCCCCC2)n1C. The molecule has 1 aliphatic carbocycles. The fourth-order valence-electron chi connectivity index (χ4n) is 2.90. The lowest BCUT2D eigenvalue weighted by Gasteiger charge is -2.19. The zero-order chi connectivity index (χ0) is 18.2. The maximum absolute atomic E-state index is 12.4. The number of aromatic nitrogens is 3. The van der Waals surface area contributed by atoms with Crippen molar-refractivity contribution in [3.63, 3.8) is 0 Å². The summed E-state index contributed by atoms with van der Waals surface area (Å²) in [5.74, 6) is 0.248. The third kappa shape index (κ3) is 6.02. The fourth-order valence-corrected chi connectivity index (χ4v) is 3.74. The number of thioether (sulfide) groups is 1. The molecule has 1 aromatic rings. The first-order chi connectivity index (χ1) is 12.0. The number of ether oxygens (including phenoxy) is 1. The molecule has 1 aliphatic rings. The van der Waals surface area contributed by atoms with Gasteiger partial charge >= 0.3 is 5.97 Å². The van der Waals surface area contributed by atoms with Crippen molar-refractivity contribution in [2.45, 2.75) is 75.2 Å². The minimum atomic E-state index is -0.325. The minimum Gasteiger partial charge on any atom is -0.466 e. The van der Waals surface area contributed by atoms with E-state index in [4.69, 9.17) is 4.74 Å². The standard InChI is InChI=1S/C17H28N4O3S/c1-4-24-15(22)11-14-19-20-17(21(14)3)25-12(2)16(23)18-13-9-7-5-6-8-10-13/h12-13H,4-11H2,1-3H3,(H,18,23)/t12-/m1/s1. The van der Waals surface area contributed by atoms with E-state index in [-0.39, 0.29) is 29.6 Å². The summed E-state index contributed by atoms with van der Waals surface area (Å²) in [4.78, 5) is 24.0. The molecule has 1 N–H and O–H groups in total. The molecule has 1 atom stereocenters. The topological polar surface area (TPSA) is 86.1 Å². The van der Waals surface area contributed by atoms with Gasteiger partial charge in [-0.1, -0.05) is 37.4 Å². The number of hydrogen-bond donors (Lipinski definition) is 1. The highest BCUT2D eigenvalue weighted by Crippen LogP contribution is 2.23. The van der Waals surface area contributed by atoms with Crippen molar-refractivity contribution in [1.82, 2.24) is 20.1 Å². The maximum atomic E-state index is 12.4. The number of carbonyl (C=O) groups excluding carboxylic acids is 2. The second kappa shape index (κ2) is 9.79. The predicted molar refractivity (Wildman–Crippen MR) is 96.3 cm³/mol. The van der Waals surface area contributed by atoms with Crippen LogP contribution in [0.2, 0.25) is 0 Å². The highest BCUT2D eigenvalue weighted by Gasteiger charge is 2.22. The van der Waals surface area contributed by atoms with Crippen LogP contribution in [0.5, 0.6) is 0 Å². The summed E-state index contributed by atoms with van der Waals surface area (Å²) in [6.07, 6.45) is 7.12. The van der Waals surface area contributed by atoms with E-state index in [1.807, 2.05) is 6.92 Å². The Balaban J connectivity index is 1.88. The summed E-state index contributed by atoms with van der Waals surface area (Å²) in [6, 6.07) is 0.289. The number of nitrogens with zero attached hydrogens (tertiary/aromatic N) is 3. The zero-order valence-electron chi connectivity index (χ0n) is 15.3. The Labute approximate surface area is 153 Å². The summed E-state index contributed by atoms with van der Waals surface area (Å²) in [5, 5.41) is 11.7. The van der Waals surface area contributed by atoms with Crippen LogP contribution in [0, 0.1) is 0 Å². The van der Waals surface area contributed by atoms with Crippen LogP contribution < -0.4 is 5.32 Å². The van der Waals surface area contributed by atoms with Crippen molar-refractivity contribution in [2.75, 3.05) is 6.61 Å². The zero-order valence-corrected chi connectivity index (χ0v) is 16.1. The van der Waals surface area contributed by atoms with Crippen molar-refractivity contribution < 1.29 is 14.3 Å². The van der Waals surface area contributed by atoms with Crippen LogP contribution in [0.1, 0.15) is 58.2 Å². The number of carbonyl (C=O) groups is 2. The van der Waals surface area contributed by atoms with Crippen LogP contribution in [0.4, 0.5) is 0 Å². The summed E-state index contributed by atoms with van der Waals surface area (Å²) in [6.45, 7) is 3.98. The van der Waals surface area contributed by atoms with Gasteiger partial charge in [-0.05, 0) is 26.7 Å². The quantitative estimate of drug-likeness (QED) is 0.451. The molecule has 0 aliphatic heterocycles. The summed E-state index contributed by atoms with van der Waals surface area (Å²) >= 11 is 1.36. The molecule has 0 spiro atoms. The number of hydrogen-bond acceptors (Lipinski definition) is 6. The molecular weight excluding hydrogens is 340 g/mol. The Morgan fingerprint density at radius 2 is 1.96 bits per heavy atom. The molecule has 0 aromatic carbocycles. The first-order valence-corrected chi connectivity index (χ1v) is 9.90. The van der Waals surface area contributed by atoms with E-state index in [1.165, 1.54) is 37.4 Å². The lowest BCUT2D eigenvalue weighted by molar-refractivity contribution is -0.142. The van der Waals surface area contributed by atoms with Crippen molar-refractivity contribution in [3.05, 3.63) is 5.82 Å². The van der Waals surface area contributed by atoms with Crippen LogP contribution in [0.15, 0.2) is 5.16 Å². The van der Waals surface area contributed by atoms with Gasteiger partial charge in [0.1, 0.15) is 12.2 Å². The third-order valence-corrected chi connectivity index (χ3v) is 5.52. The van der Waals surface area contributed by atoms with Crippen LogP contribution in [-0.4, -0.2) is 44.5 Å². The van der Waals surface area contributed by atoms with Crippen molar-refractivity contribution >= 4 is 23.6 Å². The Kier molecular flexibility index (Phi) is 7.74. The average Bonchev–Trinajstić information content (AvgIpc) is 2.78. The van der Waals surface area contributed by atoms with Gasteiger partial charge in [-0.2, -0.15) is 0 Å². The highest BCUT2D eigenvalue weighted by molar-refractivity contribution is 8.00. The molecule has 0 saturated heterocycles. The van der Waals surface area contributed by atoms with E-state index in [1.54, 1.807) is 18.5 Å². The van der Waals surface area contributed by atoms with Gasteiger partial charge < -0.3 is 14.6 Å². The molecule has 2 rings (SSSR count). The lowest BCUT2D eigenvalue weighted by atomic mass is 10.1. The van der Waals surface area contributed by atoms with E-state index in [0.29, 0.717) is 17.6 Å². The van der Waals surface area contributed by atoms with Crippen molar-refractivity contribution in [2.24, 2.45) is 7.05 Å². The highest BCUT2D eigenvalue weighted by atomic mass is 32.2. The molecular formula is C17H28N4O3S. The summed E-state index contributed by atoms with van der Waals surface area (Å²) in [7, 11) is 1.80. The Hall–Kier alpha value is -1.57. The fraction of sp³-hybridized carbons (Fsp3) is 0.765. The number of esters is 1. The van der Waals surface area contributed by atoms with Crippen molar-refractivity contribution in [3.8, 4) is 0 Å². The van der Waals surface area contributed by atoms with Gasteiger partial charge in [-0.25, -0.2) is 0 Å².